The number of esters is 5. The smallest absolute Gasteiger partial charge is 0.343 e. The second-order valence-electron chi connectivity index (χ2n) is 11.2. The molecule has 3 rings (SSSR count). The van der Waals surface area contributed by atoms with E-state index in [1.165, 1.54) is 36.4 Å². The van der Waals surface area contributed by atoms with E-state index in [0.717, 1.165) is 43.9 Å². The van der Waals surface area contributed by atoms with Crippen molar-refractivity contribution in [2.24, 2.45) is 0 Å². The van der Waals surface area contributed by atoms with Crippen molar-refractivity contribution in [1.82, 2.24) is 0 Å². The molecule has 0 spiro atoms. The zero-order chi connectivity index (χ0) is 39.0. The molecule has 0 saturated carbocycles. The third kappa shape index (κ3) is 15.9. The van der Waals surface area contributed by atoms with Gasteiger partial charge in [-0.25, -0.2) is 24.0 Å². The van der Waals surface area contributed by atoms with Crippen molar-refractivity contribution in [1.29, 1.82) is 0 Å². The first-order chi connectivity index (χ1) is 26.2. The Morgan fingerprint density at radius 1 is 0.426 bits per heavy atom. The molecule has 13 heteroatoms. The lowest BCUT2D eigenvalue weighted by Gasteiger charge is -2.14. The Bertz CT molecular complexity index is 1710. The van der Waals surface area contributed by atoms with E-state index in [9.17, 15) is 24.0 Å². The van der Waals surface area contributed by atoms with Crippen LogP contribution in [-0.4, -0.2) is 69.5 Å². The number of carbonyl (C=O) groups excluding carboxylic acids is 5. The quantitative estimate of drug-likeness (QED) is 0.0294. The maximum Gasteiger partial charge on any atom is 0.343 e. The predicted molar refractivity (Wildman–Crippen MR) is 197 cm³/mol. The van der Waals surface area contributed by atoms with E-state index in [0.29, 0.717) is 43.1 Å². The van der Waals surface area contributed by atoms with E-state index in [1.54, 1.807) is 30.3 Å². The molecule has 0 amide bonds. The Labute approximate surface area is 314 Å². The average Bonchev–Trinajstić information content (AvgIpc) is 3.19. The Morgan fingerprint density at radius 2 is 0.833 bits per heavy atom. The molecule has 0 saturated heterocycles. The van der Waals surface area contributed by atoms with E-state index in [4.69, 9.17) is 37.9 Å². The van der Waals surface area contributed by atoms with Crippen molar-refractivity contribution >= 4 is 29.8 Å². The normalized spacial score (nSPS) is 10.2. The van der Waals surface area contributed by atoms with Gasteiger partial charge in [0.25, 0.3) is 0 Å². The van der Waals surface area contributed by atoms with Crippen LogP contribution in [0.1, 0.15) is 59.2 Å². The largest absolute Gasteiger partial charge is 0.494 e. The summed E-state index contributed by atoms with van der Waals surface area (Å²) in [5.41, 5.74) is 0.494. The lowest BCUT2D eigenvalue weighted by atomic mass is 10.2. The summed E-state index contributed by atoms with van der Waals surface area (Å²) < 4.78 is 43.2. The van der Waals surface area contributed by atoms with Crippen molar-refractivity contribution < 1.29 is 61.9 Å². The molecule has 0 unspecified atom stereocenters. The van der Waals surface area contributed by atoms with E-state index >= 15 is 0 Å². The number of unbranched alkanes of at least 4 members (excludes halogenated alkanes) is 3. The fraction of sp³-hybridized carbons (Fsp3) is 0.293. The summed E-state index contributed by atoms with van der Waals surface area (Å²) >= 11 is 0. The molecule has 0 radical (unpaired) electrons. The molecule has 54 heavy (non-hydrogen) atoms. The lowest BCUT2D eigenvalue weighted by Crippen LogP contribution is -2.11. The summed E-state index contributed by atoms with van der Waals surface area (Å²) in [6.45, 7) is 11.5. The van der Waals surface area contributed by atoms with Gasteiger partial charge in [-0.1, -0.05) is 19.7 Å². The van der Waals surface area contributed by atoms with Crippen molar-refractivity contribution in [2.75, 3.05) is 39.6 Å². The molecule has 0 aliphatic rings. The van der Waals surface area contributed by atoms with Gasteiger partial charge < -0.3 is 37.9 Å². The third-order valence-corrected chi connectivity index (χ3v) is 7.15. The first kappa shape index (κ1) is 42.0. The molecule has 0 aliphatic carbocycles. The van der Waals surface area contributed by atoms with E-state index in [2.05, 4.69) is 19.7 Å². The van der Waals surface area contributed by atoms with Gasteiger partial charge in [0.1, 0.15) is 17.2 Å². The minimum atomic E-state index is -0.679. The molecule has 0 atom stereocenters. The molecule has 0 fully saturated rings. The fourth-order valence-electron chi connectivity index (χ4n) is 4.39. The van der Waals surface area contributed by atoms with Crippen molar-refractivity contribution in [3.8, 4) is 28.7 Å². The zero-order valence-electron chi connectivity index (χ0n) is 30.0. The van der Waals surface area contributed by atoms with Crippen LogP contribution in [0.5, 0.6) is 28.7 Å². The van der Waals surface area contributed by atoms with Gasteiger partial charge >= 0.3 is 29.8 Å². The Balaban J connectivity index is 1.49. The standard InChI is InChI=1S/C41H44O13/c1-4-37(42)50-24-10-8-7-9-23-47-32-16-13-30(14-17-32)40(45)53-33-18-20-34(21-19-33)54-41(46)31-15-22-35(48-25-11-27-51-38(43)5-2)36(29-31)49-26-12-28-52-39(44)6-3/h4-6,13-22,29H,1-3,7-12,23-28H2. The summed E-state index contributed by atoms with van der Waals surface area (Å²) in [6, 6.07) is 17.1. The second-order valence-corrected chi connectivity index (χ2v) is 11.2. The SMILES string of the molecule is C=CC(=O)OCCCCCCOc1ccc(C(=O)Oc2ccc(OC(=O)c3ccc(OCCCOC(=O)C=C)c(OCCCOC(=O)C=C)c3)cc2)cc1. The summed E-state index contributed by atoms with van der Waals surface area (Å²) in [6.07, 6.45) is 7.47. The summed E-state index contributed by atoms with van der Waals surface area (Å²) in [5.74, 6) is -1.10. The van der Waals surface area contributed by atoms with Crippen molar-refractivity contribution in [3.63, 3.8) is 0 Å². The van der Waals surface area contributed by atoms with Crippen LogP contribution in [-0.2, 0) is 28.6 Å². The fourth-order valence-corrected chi connectivity index (χ4v) is 4.39. The topological polar surface area (TPSA) is 159 Å². The van der Waals surface area contributed by atoms with Gasteiger partial charge in [-0.05, 0) is 92.4 Å². The van der Waals surface area contributed by atoms with Crippen LogP contribution in [0.4, 0.5) is 0 Å². The molecular weight excluding hydrogens is 700 g/mol. The number of hydrogen-bond donors (Lipinski definition) is 0. The highest BCUT2D eigenvalue weighted by Crippen LogP contribution is 2.30. The van der Waals surface area contributed by atoms with Gasteiger partial charge in [-0.2, -0.15) is 0 Å². The minimum absolute atomic E-state index is 0.103. The molecule has 0 N–H and O–H groups in total. The highest BCUT2D eigenvalue weighted by atomic mass is 16.6. The number of ether oxygens (including phenoxy) is 8. The molecule has 0 aliphatic heterocycles. The van der Waals surface area contributed by atoms with E-state index in [1.807, 2.05) is 0 Å². The van der Waals surface area contributed by atoms with Gasteiger partial charge in [0.2, 0.25) is 0 Å². The highest BCUT2D eigenvalue weighted by Gasteiger charge is 2.15. The maximum absolute atomic E-state index is 13.0. The zero-order valence-corrected chi connectivity index (χ0v) is 30.0. The van der Waals surface area contributed by atoms with Crippen LogP contribution in [0, 0.1) is 0 Å². The van der Waals surface area contributed by atoms with Crippen LogP contribution in [0.15, 0.2) is 105 Å². The van der Waals surface area contributed by atoms with Crippen LogP contribution in [0.25, 0.3) is 0 Å². The van der Waals surface area contributed by atoms with Gasteiger partial charge in [0.05, 0.1) is 50.8 Å². The molecule has 13 nitrogen and oxygen atoms in total. The number of rotatable bonds is 25. The molecule has 0 heterocycles. The molecule has 286 valence electrons. The van der Waals surface area contributed by atoms with Gasteiger partial charge in [-0.15, -0.1) is 0 Å². The van der Waals surface area contributed by atoms with Crippen LogP contribution < -0.4 is 23.7 Å². The Kier molecular flexibility index (Phi) is 18.7. The summed E-state index contributed by atoms with van der Waals surface area (Å²) in [4.78, 5) is 59.3. The van der Waals surface area contributed by atoms with Crippen molar-refractivity contribution in [2.45, 2.75) is 38.5 Å². The minimum Gasteiger partial charge on any atom is -0.494 e. The molecule has 0 aromatic heterocycles. The van der Waals surface area contributed by atoms with Gasteiger partial charge in [0.15, 0.2) is 11.5 Å². The number of benzene rings is 3. The molecule has 0 bridgehead atoms. The lowest BCUT2D eigenvalue weighted by molar-refractivity contribution is -0.138. The predicted octanol–water partition coefficient (Wildman–Crippen LogP) is 6.79. The van der Waals surface area contributed by atoms with Crippen LogP contribution in [0.2, 0.25) is 0 Å². The van der Waals surface area contributed by atoms with E-state index < -0.39 is 29.8 Å². The van der Waals surface area contributed by atoms with Crippen LogP contribution >= 0.6 is 0 Å². The first-order valence-electron chi connectivity index (χ1n) is 17.3. The van der Waals surface area contributed by atoms with Crippen molar-refractivity contribution in [3.05, 3.63) is 116 Å². The monoisotopic (exact) mass is 744 g/mol. The Hall–Kier alpha value is -6.37. The number of hydrogen-bond acceptors (Lipinski definition) is 13. The molecular formula is C41H44O13. The first-order valence-corrected chi connectivity index (χ1v) is 17.3. The van der Waals surface area contributed by atoms with Gasteiger partial charge in [-0.3, -0.25) is 0 Å². The Morgan fingerprint density at radius 3 is 1.35 bits per heavy atom. The third-order valence-electron chi connectivity index (χ3n) is 7.15. The van der Waals surface area contributed by atoms with Gasteiger partial charge in [0, 0.05) is 31.1 Å². The second kappa shape index (κ2) is 24.0. The van der Waals surface area contributed by atoms with Crippen LogP contribution in [0.3, 0.4) is 0 Å². The maximum atomic E-state index is 13.0. The number of carbonyl (C=O) groups is 5. The molecule has 3 aromatic carbocycles. The highest BCUT2D eigenvalue weighted by molar-refractivity contribution is 5.92. The summed E-state index contributed by atoms with van der Waals surface area (Å²) in [7, 11) is 0. The average molecular weight is 745 g/mol. The van der Waals surface area contributed by atoms with E-state index in [-0.39, 0.29) is 49.2 Å². The molecule has 3 aromatic rings. The summed E-state index contributed by atoms with van der Waals surface area (Å²) in [5, 5.41) is 0.